The van der Waals surface area contributed by atoms with Crippen LogP contribution in [-0.4, -0.2) is 23.8 Å². The number of carbonyl (C=O) groups excluding carboxylic acids is 1. The Bertz CT molecular complexity index is 270. The Kier molecular flexibility index (Phi) is 3.25. The van der Waals surface area contributed by atoms with Gasteiger partial charge in [-0.2, -0.15) is 0 Å². The van der Waals surface area contributed by atoms with Gasteiger partial charge in [0.15, 0.2) is 0 Å². The van der Waals surface area contributed by atoms with Crippen molar-refractivity contribution in [2.75, 3.05) is 6.54 Å². The van der Waals surface area contributed by atoms with Gasteiger partial charge in [0.2, 0.25) is 0 Å². The van der Waals surface area contributed by atoms with Crippen molar-refractivity contribution in [3.63, 3.8) is 0 Å². The second-order valence-electron chi connectivity index (χ2n) is 6.36. The number of carbonyl (C=O) groups is 1. The number of hydrogen-bond donors (Lipinski definition) is 2. The predicted octanol–water partition coefficient (Wildman–Crippen LogP) is 2.03. The molecule has 0 unspecified atom stereocenters. The molecule has 0 saturated heterocycles. The van der Waals surface area contributed by atoms with Crippen LogP contribution in [0.4, 0.5) is 4.79 Å². The fourth-order valence-electron chi connectivity index (χ4n) is 1.76. The summed E-state index contributed by atoms with van der Waals surface area (Å²) >= 11 is 0. The van der Waals surface area contributed by atoms with Crippen molar-refractivity contribution in [3.05, 3.63) is 0 Å². The average molecular weight is 228 g/mol. The molecule has 0 aromatic carbocycles. The van der Waals surface area contributed by atoms with Crippen LogP contribution in [0.5, 0.6) is 0 Å². The second-order valence-corrected chi connectivity index (χ2v) is 6.36. The third-order valence-corrected chi connectivity index (χ3v) is 3.19. The van der Waals surface area contributed by atoms with Crippen molar-refractivity contribution in [2.45, 2.75) is 58.6 Å². The average Bonchev–Trinajstić information content (AvgIpc) is 2.75. The zero-order valence-corrected chi connectivity index (χ0v) is 11.0. The standard InChI is InChI=1S/C12H24N2O2/c1-10(2,3)16-9(15)14-8-12(6-7-12)11(4,5)13/h6-8,13H2,1-5H3,(H,14,15). The van der Waals surface area contributed by atoms with Crippen LogP contribution < -0.4 is 11.1 Å². The van der Waals surface area contributed by atoms with Crippen LogP contribution in [0.25, 0.3) is 0 Å². The highest BCUT2D eigenvalue weighted by Gasteiger charge is 2.52. The Labute approximate surface area is 97.9 Å². The van der Waals surface area contributed by atoms with E-state index in [0.717, 1.165) is 12.8 Å². The summed E-state index contributed by atoms with van der Waals surface area (Å²) in [5.74, 6) is 0. The molecule has 1 aliphatic carbocycles. The molecular weight excluding hydrogens is 204 g/mol. The highest BCUT2D eigenvalue weighted by Crippen LogP contribution is 2.52. The Morgan fingerprint density at radius 1 is 1.31 bits per heavy atom. The van der Waals surface area contributed by atoms with Gasteiger partial charge in [0, 0.05) is 17.5 Å². The van der Waals surface area contributed by atoms with Crippen LogP contribution in [0, 0.1) is 5.41 Å². The van der Waals surface area contributed by atoms with Crippen LogP contribution in [0.15, 0.2) is 0 Å². The van der Waals surface area contributed by atoms with Crippen molar-refractivity contribution in [3.8, 4) is 0 Å². The lowest BCUT2D eigenvalue weighted by Gasteiger charge is -2.31. The summed E-state index contributed by atoms with van der Waals surface area (Å²) in [7, 11) is 0. The van der Waals surface area contributed by atoms with Crippen LogP contribution >= 0.6 is 0 Å². The summed E-state index contributed by atoms with van der Waals surface area (Å²) in [6.07, 6.45) is 1.79. The van der Waals surface area contributed by atoms with Gasteiger partial charge < -0.3 is 15.8 Å². The van der Waals surface area contributed by atoms with E-state index in [0.29, 0.717) is 6.54 Å². The van der Waals surface area contributed by atoms with E-state index in [1.54, 1.807) is 0 Å². The molecule has 94 valence electrons. The summed E-state index contributed by atoms with van der Waals surface area (Å²) in [6.45, 7) is 10.2. The maximum atomic E-state index is 11.5. The van der Waals surface area contributed by atoms with Crippen LogP contribution in [0.1, 0.15) is 47.5 Å². The summed E-state index contributed by atoms with van der Waals surface area (Å²) in [5.41, 5.74) is 5.46. The Balaban J connectivity index is 2.39. The third-order valence-electron chi connectivity index (χ3n) is 3.19. The molecule has 3 N–H and O–H groups in total. The SMILES string of the molecule is CC(C)(C)OC(=O)NCC1(C(C)(C)N)CC1. The number of alkyl carbamates (subject to hydrolysis) is 1. The van der Waals surface area contributed by atoms with Crippen molar-refractivity contribution in [1.29, 1.82) is 0 Å². The monoisotopic (exact) mass is 228 g/mol. The first kappa shape index (κ1) is 13.3. The van der Waals surface area contributed by atoms with Crippen LogP contribution in [0.3, 0.4) is 0 Å². The summed E-state index contributed by atoms with van der Waals surface area (Å²) in [6, 6.07) is 0. The Morgan fingerprint density at radius 2 is 1.81 bits per heavy atom. The molecule has 1 aliphatic rings. The highest BCUT2D eigenvalue weighted by molar-refractivity contribution is 5.67. The molecule has 1 saturated carbocycles. The van der Waals surface area contributed by atoms with Gasteiger partial charge in [-0.15, -0.1) is 0 Å². The summed E-state index contributed by atoms with van der Waals surface area (Å²) < 4.78 is 5.18. The molecule has 16 heavy (non-hydrogen) atoms. The molecule has 0 aromatic rings. The van der Waals surface area contributed by atoms with E-state index in [1.807, 2.05) is 34.6 Å². The van der Waals surface area contributed by atoms with Gasteiger partial charge in [0.1, 0.15) is 5.60 Å². The zero-order chi connectivity index (χ0) is 12.6. The summed E-state index contributed by atoms with van der Waals surface area (Å²) in [4.78, 5) is 11.5. The normalized spacial score (nSPS) is 19.1. The lowest BCUT2D eigenvalue weighted by Crippen LogP contribution is -2.49. The van der Waals surface area contributed by atoms with Crippen molar-refractivity contribution >= 4 is 6.09 Å². The van der Waals surface area contributed by atoms with Gasteiger partial charge in [-0.05, 0) is 47.5 Å². The number of nitrogens with two attached hydrogens (primary N) is 1. The highest BCUT2D eigenvalue weighted by atomic mass is 16.6. The fourth-order valence-corrected chi connectivity index (χ4v) is 1.76. The molecule has 0 aromatic heterocycles. The number of amides is 1. The molecule has 1 amide bonds. The molecule has 0 radical (unpaired) electrons. The van der Waals surface area contributed by atoms with Crippen molar-refractivity contribution < 1.29 is 9.53 Å². The molecule has 0 heterocycles. The first-order valence-corrected chi connectivity index (χ1v) is 5.82. The molecule has 0 atom stereocenters. The maximum Gasteiger partial charge on any atom is 0.407 e. The third kappa shape index (κ3) is 3.37. The molecule has 0 aliphatic heterocycles. The molecule has 4 nitrogen and oxygen atoms in total. The minimum absolute atomic E-state index is 0.0594. The molecule has 0 spiro atoms. The predicted molar refractivity (Wildman–Crippen MR) is 64.2 cm³/mol. The lowest BCUT2D eigenvalue weighted by molar-refractivity contribution is 0.0508. The minimum Gasteiger partial charge on any atom is -0.444 e. The molecule has 4 heteroatoms. The van der Waals surface area contributed by atoms with Crippen molar-refractivity contribution in [2.24, 2.45) is 11.1 Å². The van der Waals surface area contributed by atoms with E-state index in [2.05, 4.69) is 5.32 Å². The molecule has 1 rings (SSSR count). The molecule has 1 fully saturated rings. The van der Waals surface area contributed by atoms with Crippen LogP contribution in [-0.2, 0) is 4.74 Å². The Hall–Kier alpha value is -0.770. The fraction of sp³-hybridized carbons (Fsp3) is 0.917. The van der Waals surface area contributed by atoms with E-state index >= 15 is 0 Å². The Morgan fingerprint density at radius 3 is 2.12 bits per heavy atom. The van der Waals surface area contributed by atoms with E-state index in [4.69, 9.17) is 10.5 Å². The smallest absolute Gasteiger partial charge is 0.407 e. The van der Waals surface area contributed by atoms with Crippen LogP contribution in [0.2, 0.25) is 0 Å². The van der Waals surface area contributed by atoms with E-state index in [-0.39, 0.29) is 17.0 Å². The maximum absolute atomic E-state index is 11.5. The number of ether oxygens (including phenoxy) is 1. The lowest BCUT2D eigenvalue weighted by atomic mass is 9.85. The minimum atomic E-state index is -0.445. The second kappa shape index (κ2) is 3.91. The van der Waals surface area contributed by atoms with Gasteiger partial charge >= 0.3 is 6.09 Å². The number of hydrogen-bond acceptors (Lipinski definition) is 3. The van der Waals surface area contributed by atoms with Crippen molar-refractivity contribution in [1.82, 2.24) is 5.32 Å². The van der Waals surface area contributed by atoms with Gasteiger partial charge in [-0.1, -0.05) is 0 Å². The largest absolute Gasteiger partial charge is 0.444 e. The first-order chi connectivity index (χ1) is 7.06. The van der Waals surface area contributed by atoms with E-state index in [9.17, 15) is 4.79 Å². The van der Waals surface area contributed by atoms with Gasteiger partial charge in [-0.3, -0.25) is 0 Å². The topological polar surface area (TPSA) is 64.3 Å². The summed E-state index contributed by atoms with van der Waals surface area (Å²) in [5, 5.41) is 2.81. The first-order valence-electron chi connectivity index (χ1n) is 5.82. The number of nitrogens with one attached hydrogen (secondary N) is 1. The van der Waals surface area contributed by atoms with Gasteiger partial charge in [-0.25, -0.2) is 4.79 Å². The van der Waals surface area contributed by atoms with Gasteiger partial charge in [0.25, 0.3) is 0 Å². The quantitative estimate of drug-likeness (QED) is 0.776. The number of rotatable bonds is 3. The van der Waals surface area contributed by atoms with E-state index in [1.165, 1.54) is 0 Å². The van der Waals surface area contributed by atoms with Gasteiger partial charge in [0.05, 0.1) is 0 Å². The molecule has 0 bridgehead atoms. The molecular formula is C12H24N2O2. The van der Waals surface area contributed by atoms with E-state index < -0.39 is 5.60 Å². The zero-order valence-electron chi connectivity index (χ0n) is 11.0.